The van der Waals surface area contributed by atoms with Gasteiger partial charge >= 0.3 is 18.1 Å². The molecule has 2 heterocycles. The van der Waals surface area contributed by atoms with Crippen molar-refractivity contribution in [1.82, 2.24) is 30.0 Å². The largest absolute Gasteiger partial charge is 0.459 e. The molecule has 0 radical (unpaired) electrons. The molecule has 0 spiro atoms. The predicted octanol–water partition coefficient (Wildman–Crippen LogP) is 1.60. The monoisotopic (exact) mass is 310 g/mol. The first-order valence-corrected chi connectivity index (χ1v) is 5.50. The molecule has 0 fully saturated rings. The van der Waals surface area contributed by atoms with Gasteiger partial charge in [-0.1, -0.05) is 17.4 Å². The van der Waals surface area contributed by atoms with Crippen LogP contribution in [0.4, 0.5) is 26.7 Å². The zero-order valence-electron chi connectivity index (χ0n) is 10.3. The third kappa shape index (κ3) is 2.36. The molecule has 0 bridgehead atoms. The maximum Gasteiger partial charge on any atom is 0.459 e. The molecule has 0 atom stereocenters. The van der Waals surface area contributed by atoms with Crippen molar-refractivity contribution in [2.24, 2.45) is 0 Å². The summed E-state index contributed by atoms with van der Waals surface area (Å²) in [5.41, 5.74) is -2.26. The van der Waals surface area contributed by atoms with Crippen LogP contribution in [-0.4, -0.2) is 42.2 Å². The highest BCUT2D eigenvalue weighted by atomic mass is 19.4. The lowest BCUT2D eigenvalue weighted by Crippen LogP contribution is -2.35. The Morgan fingerprint density at radius 1 is 1.24 bits per heavy atom. The molecular weight excluding hydrogens is 303 g/mol. The molecule has 0 saturated heterocycles. The van der Waals surface area contributed by atoms with Gasteiger partial charge in [-0.05, 0) is 6.42 Å². The van der Waals surface area contributed by atoms with Crippen LogP contribution in [0.2, 0.25) is 0 Å². The second kappa shape index (κ2) is 4.86. The van der Waals surface area contributed by atoms with E-state index in [-0.39, 0.29) is 6.42 Å². The number of nitrogens with zero attached hydrogens (tertiary/aromatic N) is 6. The van der Waals surface area contributed by atoms with Gasteiger partial charge in [-0.3, -0.25) is 0 Å². The first-order chi connectivity index (χ1) is 9.70. The van der Waals surface area contributed by atoms with E-state index in [1.807, 2.05) is 0 Å². The molecule has 0 saturated carbocycles. The minimum atomic E-state index is -5.84. The topological polar surface area (TPSA) is 78.5 Å². The number of rotatable bonds is 2. The highest BCUT2D eigenvalue weighted by molar-refractivity contribution is 5.78. The molecule has 2 aromatic heterocycles. The normalized spacial score (nSPS) is 12.7. The van der Waals surface area contributed by atoms with Crippen LogP contribution in [-0.2, 0) is 12.3 Å². The molecule has 21 heavy (non-hydrogen) atoms. The van der Waals surface area contributed by atoms with E-state index in [0.717, 1.165) is 12.4 Å². The van der Waals surface area contributed by atoms with E-state index in [4.69, 9.17) is 0 Å². The Bertz CT molecular complexity index is 646. The lowest BCUT2D eigenvalue weighted by molar-refractivity contribution is -0.291. The van der Waals surface area contributed by atoms with Crippen molar-refractivity contribution < 1.29 is 26.7 Å². The summed E-state index contributed by atoms with van der Waals surface area (Å²) in [5, 5.41) is 12.5. The van der Waals surface area contributed by atoms with E-state index in [1.54, 1.807) is 0 Å². The minimum absolute atomic E-state index is 0.311. The molecule has 0 aliphatic rings. The van der Waals surface area contributed by atoms with Crippen LogP contribution in [0.5, 0.6) is 0 Å². The quantitative estimate of drug-likeness (QED) is 0.787. The Morgan fingerprint density at radius 3 is 2.38 bits per heavy atom. The van der Waals surface area contributed by atoms with Crippen LogP contribution in [0.1, 0.15) is 18.3 Å². The van der Waals surface area contributed by atoms with Crippen molar-refractivity contribution in [3.05, 3.63) is 23.8 Å². The van der Waals surface area contributed by atoms with E-state index in [9.17, 15) is 26.7 Å². The minimum Gasteiger partial charge on any atom is -0.243 e. The number of carbonyl (C=O) groups excluding carboxylic acids is 1. The van der Waals surface area contributed by atoms with Crippen molar-refractivity contribution in [3.8, 4) is 0 Å². The Labute approximate surface area is 113 Å². The van der Waals surface area contributed by atoms with E-state index < -0.39 is 29.5 Å². The molecule has 2 rings (SSSR count). The average molecular weight is 310 g/mol. The predicted molar refractivity (Wildman–Crippen MR) is 55.6 cm³/mol. The van der Waals surface area contributed by atoms with Crippen LogP contribution < -0.4 is 0 Å². The molecule has 114 valence electrons. The molecule has 0 aromatic carbocycles. The number of halogens is 5. The van der Waals surface area contributed by atoms with E-state index in [2.05, 4.69) is 20.6 Å². The number of alkyl halides is 5. The molecule has 12 heteroatoms. The summed E-state index contributed by atoms with van der Waals surface area (Å²) in [4.78, 5) is 11.9. The molecule has 0 aliphatic heterocycles. The molecule has 7 nitrogen and oxygen atoms in total. The van der Waals surface area contributed by atoms with Crippen LogP contribution in [0.3, 0.4) is 0 Å². The highest BCUT2D eigenvalue weighted by Crippen LogP contribution is 2.44. The standard InChI is InChI=1S/C9H7F5N6O/c1-2-5-6(8(10,11)9(12,13)14)16-18-20(5)7(21)19-4-3-15-17-19/h3-4H,2H2,1H3. The maximum absolute atomic E-state index is 13.3. The Morgan fingerprint density at radius 2 is 1.90 bits per heavy atom. The fraction of sp³-hybridized carbons (Fsp3) is 0.444. The SMILES string of the molecule is CCc1c(C(F)(F)C(F)(F)F)nnn1C(=O)n1ccnn1. The van der Waals surface area contributed by atoms with Gasteiger partial charge in [-0.2, -0.15) is 31.3 Å². The van der Waals surface area contributed by atoms with Crippen LogP contribution in [0, 0.1) is 0 Å². The van der Waals surface area contributed by atoms with Gasteiger partial charge in [0.05, 0.1) is 18.1 Å². The summed E-state index contributed by atoms with van der Waals surface area (Å²) >= 11 is 0. The van der Waals surface area contributed by atoms with E-state index >= 15 is 0 Å². The van der Waals surface area contributed by atoms with Gasteiger partial charge in [0.25, 0.3) is 0 Å². The lowest BCUT2D eigenvalue weighted by atomic mass is 10.1. The van der Waals surface area contributed by atoms with Gasteiger partial charge in [0.2, 0.25) is 0 Å². The van der Waals surface area contributed by atoms with Crippen molar-refractivity contribution >= 4 is 6.03 Å². The Balaban J connectivity index is 2.51. The van der Waals surface area contributed by atoms with Gasteiger partial charge in [-0.25, -0.2) is 4.79 Å². The van der Waals surface area contributed by atoms with E-state index in [0.29, 0.717) is 9.36 Å². The van der Waals surface area contributed by atoms with Crippen LogP contribution in [0.25, 0.3) is 0 Å². The molecule has 0 amide bonds. The van der Waals surface area contributed by atoms with Crippen molar-refractivity contribution in [2.45, 2.75) is 25.4 Å². The summed E-state index contributed by atoms with van der Waals surface area (Å²) in [6.07, 6.45) is -3.93. The smallest absolute Gasteiger partial charge is 0.243 e. The number of hydrogen-bond donors (Lipinski definition) is 0. The first kappa shape index (κ1) is 15.0. The Kier molecular flexibility index (Phi) is 3.47. The van der Waals surface area contributed by atoms with Crippen molar-refractivity contribution in [1.29, 1.82) is 0 Å². The number of carbonyl (C=O) groups is 1. The fourth-order valence-corrected chi connectivity index (χ4v) is 1.56. The first-order valence-electron chi connectivity index (χ1n) is 5.50. The molecule has 0 N–H and O–H groups in total. The summed E-state index contributed by atoms with van der Waals surface area (Å²) in [6, 6.07) is -1.07. The third-order valence-corrected chi connectivity index (χ3v) is 2.55. The van der Waals surface area contributed by atoms with E-state index in [1.165, 1.54) is 6.92 Å². The van der Waals surface area contributed by atoms with Crippen LogP contribution >= 0.6 is 0 Å². The molecule has 0 aliphatic carbocycles. The molecule has 0 unspecified atom stereocenters. The summed E-state index contributed by atoms with van der Waals surface area (Å²) in [5.74, 6) is -5.21. The van der Waals surface area contributed by atoms with Gasteiger partial charge in [0, 0.05) is 0 Å². The summed E-state index contributed by atoms with van der Waals surface area (Å²) < 4.78 is 64.8. The zero-order chi connectivity index (χ0) is 15.8. The van der Waals surface area contributed by atoms with Gasteiger partial charge in [0.15, 0.2) is 5.69 Å². The zero-order valence-corrected chi connectivity index (χ0v) is 10.3. The molecule has 2 aromatic rings. The second-order valence-corrected chi connectivity index (χ2v) is 3.85. The molecular formula is C9H7F5N6O. The summed E-state index contributed by atoms with van der Waals surface area (Å²) in [6.45, 7) is 1.29. The van der Waals surface area contributed by atoms with Gasteiger partial charge < -0.3 is 0 Å². The number of aromatic nitrogens is 6. The lowest BCUT2D eigenvalue weighted by Gasteiger charge is -2.18. The van der Waals surface area contributed by atoms with Gasteiger partial charge in [-0.15, -0.1) is 10.2 Å². The fourth-order valence-electron chi connectivity index (χ4n) is 1.56. The van der Waals surface area contributed by atoms with Crippen LogP contribution in [0.15, 0.2) is 12.4 Å². The Hall–Kier alpha value is -2.40. The maximum atomic E-state index is 13.3. The number of hydrogen-bond acceptors (Lipinski definition) is 5. The highest BCUT2D eigenvalue weighted by Gasteiger charge is 2.62. The summed E-state index contributed by atoms with van der Waals surface area (Å²) in [7, 11) is 0. The third-order valence-electron chi connectivity index (χ3n) is 2.55. The van der Waals surface area contributed by atoms with Crippen molar-refractivity contribution in [3.63, 3.8) is 0 Å². The van der Waals surface area contributed by atoms with Gasteiger partial charge in [0.1, 0.15) is 0 Å². The average Bonchev–Trinajstić information content (AvgIpc) is 3.05. The second-order valence-electron chi connectivity index (χ2n) is 3.85. The van der Waals surface area contributed by atoms with Crippen molar-refractivity contribution in [2.75, 3.05) is 0 Å².